The number of carboxylic acids is 1. The molecule has 1 saturated heterocycles. The fourth-order valence-electron chi connectivity index (χ4n) is 4.12. The third-order valence-corrected chi connectivity index (χ3v) is 5.94. The Balaban J connectivity index is 1.58. The van der Waals surface area contributed by atoms with E-state index in [-0.39, 0.29) is 17.8 Å². The van der Waals surface area contributed by atoms with Crippen molar-refractivity contribution in [3.8, 4) is 5.69 Å². The van der Waals surface area contributed by atoms with Crippen LogP contribution in [0.2, 0.25) is 5.02 Å². The van der Waals surface area contributed by atoms with E-state index in [0.717, 1.165) is 18.8 Å². The molecule has 1 fully saturated rings. The van der Waals surface area contributed by atoms with Gasteiger partial charge in [0.1, 0.15) is 0 Å². The Morgan fingerprint density at radius 1 is 1.06 bits per heavy atom. The van der Waals surface area contributed by atoms with Gasteiger partial charge in [0.15, 0.2) is 5.65 Å². The van der Waals surface area contributed by atoms with Crippen molar-refractivity contribution in [1.82, 2.24) is 14.1 Å². The van der Waals surface area contributed by atoms with E-state index >= 15 is 0 Å². The van der Waals surface area contributed by atoms with E-state index in [9.17, 15) is 14.7 Å². The molecule has 0 spiro atoms. The highest BCUT2D eigenvalue weighted by Crippen LogP contribution is 2.23. The average Bonchev–Trinajstić information content (AvgIpc) is 3.10. The fraction of sp³-hybridized carbons (Fsp3) is 0.208. The number of fused-ring (bicyclic) bond motifs is 1. The van der Waals surface area contributed by atoms with E-state index in [2.05, 4.69) is 9.88 Å². The average molecular weight is 465 g/mol. The maximum atomic E-state index is 13.5. The van der Waals surface area contributed by atoms with Crippen LogP contribution in [0, 0.1) is 0 Å². The first-order valence-electron chi connectivity index (χ1n) is 10.5. The van der Waals surface area contributed by atoms with Crippen LogP contribution in [0.3, 0.4) is 0 Å². The minimum absolute atomic E-state index is 0.166. The van der Waals surface area contributed by atoms with Gasteiger partial charge in [-0.25, -0.2) is 14.6 Å². The number of rotatable bonds is 5. The van der Waals surface area contributed by atoms with E-state index in [4.69, 9.17) is 16.3 Å². The number of hydrogen-bond donors (Lipinski definition) is 1. The number of ether oxygens (including phenoxy) is 1. The third-order valence-electron chi connectivity index (χ3n) is 5.73. The van der Waals surface area contributed by atoms with E-state index in [1.165, 1.54) is 16.8 Å². The van der Waals surface area contributed by atoms with Gasteiger partial charge in [0, 0.05) is 25.0 Å². The number of carbonyl (C=O) groups is 1. The largest absolute Gasteiger partial charge is 0.478 e. The molecule has 1 N–H and O–H groups in total. The maximum absolute atomic E-state index is 13.5. The van der Waals surface area contributed by atoms with Gasteiger partial charge in [-0.2, -0.15) is 0 Å². The molecule has 2 aromatic carbocycles. The van der Waals surface area contributed by atoms with Crippen LogP contribution < -0.4 is 10.6 Å². The first-order valence-corrected chi connectivity index (χ1v) is 10.9. The number of imidazole rings is 1. The number of aromatic nitrogens is 3. The Morgan fingerprint density at radius 3 is 2.52 bits per heavy atom. The molecule has 1 aliphatic heterocycles. The van der Waals surface area contributed by atoms with Gasteiger partial charge < -0.3 is 14.7 Å². The van der Waals surface area contributed by atoms with Gasteiger partial charge in [-0.3, -0.25) is 9.13 Å². The fourth-order valence-corrected chi connectivity index (χ4v) is 4.27. The van der Waals surface area contributed by atoms with Crippen molar-refractivity contribution >= 4 is 34.4 Å². The monoisotopic (exact) mass is 464 g/mol. The highest BCUT2D eigenvalue weighted by Gasteiger charge is 2.18. The summed E-state index contributed by atoms with van der Waals surface area (Å²) >= 11 is 6.21. The smallest absolute Gasteiger partial charge is 0.335 e. The molecule has 2 aromatic heterocycles. The molecular weight excluding hydrogens is 444 g/mol. The SMILES string of the molecule is O=C(O)c1cccc(Cn2c(=O)n(-c3ccc(N4CCOCC4)cc3)c3cc(Cl)cnc32)c1. The molecule has 0 saturated carbocycles. The van der Waals surface area contributed by atoms with Crippen LogP contribution in [-0.2, 0) is 11.3 Å². The zero-order chi connectivity index (χ0) is 22.9. The van der Waals surface area contributed by atoms with Crippen LogP contribution in [0.15, 0.2) is 65.6 Å². The van der Waals surface area contributed by atoms with Crippen LogP contribution in [-0.4, -0.2) is 51.5 Å². The molecule has 8 nitrogen and oxygen atoms in total. The number of nitrogens with zero attached hydrogens (tertiary/aromatic N) is 4. The van der Waals surface area contributed by atoms with Gasteiger partial charge in [0.25, 0.3) is 0 Å². The highest BCUT2D eigenvalue weighted by atomic mass is 35.5. The Bertz CT molecular complexity index is 1390. The van der Waals surface area contributed by atoms with Crippen LogP contribution >= 0.6 is 11.6 Å². The predicted octanol–water partition coefficient (Wildman–Crippen LogP) is 3.42. The van der Waals surface area contributed by atoms with Crippen molar-refractivity contribution in [1.29, 1.82) is 0 Å². The highest BCUT2D eigenvalue weighted by molar-refractivity contribution is 6.31. The van der Waals surface area contributed by atoms with Crippen LogP contribution in [0.25, 0.3) is 16.9 Å². The molecule has 0 atom stereocenters. The Labute approximate surface area is 194 Å². The summed E-state index contributed by atoms with van der Waals surface area (Å²) in [5.41, 5.74) is 3.40. The quantitative estimate of drug-likeness (QED) is 0.486. The van der Waals surface area contributed by atoms with Gasteiger partial charge in [-0.15, -0.1) is 0 Å². The van der Waals surface area contributed by atoms with E-state index < -0.39 is 5.97 Å². The summed E-state index contributed by atoms with van der Waals surface area (Å²) in [6.45, 7) is 3.23. The van der Waals surface area contributed by atoms with E-state index in [1.807, 2.05) is 24.3 Å². The maximum Gasteiger partial charge on any atom is 0.335 e. The van der Waals surface area contributed by atoms with Gasteiger partial charge in [-0.1, -0.05) is 23.7 Å². The minimum atomic E-state index is -1.02. The second-order valence-corrected chi connectivity index (χ2v) is 8.26. The zero-order valence-electron chi connectivity index (χ0n) is 17.6. The molecule has 168 valence electrons. The van der Waals surface area contributed by atoms with E-state index in [1.54, 1.807) is 28.8 Å². The lowest BCUT2D eigenvalue weighted by molar-refractivity contribution is 0.0696. The molecule has 0 aliphatic carbocycles. The first kappa shape index (κ1) is 21.2. The number of anilines is 1. The number of pyridine rings is 1. The van der Waals surface area contributed by atoms with Crippen molar-refractivity contribution in [2.45, 2.75) is 6.54 Å². The van der Waals surface area contributed by atoms with Crippen molar-refractivity contribution < 1.29 is 14.6 Å². The molecule has 5 rings (SSSR count). The van der Waals surface area contributed by atoms with E-state index in [0.29, 0.717) is 40.7 Å². The predicted molar refractivity (Wildman–Crippen MR) is 126 cm³/mol. The number of benzene rings is 2. The van der Waals surface area contributed by atoms with Gasteiger partial charge in [-0.05, 0) is 48.0 Å². The lowest BCUT2D eigenvalue weighted by Gasteiger charge is -2.28. The summed E-state index contributed by atoms with van der Waals surface area (Å²) in [4.78, 5) is 31.5. The van der Waals surface area contributed by atoms with Crippen molar-refractivity contribution in [3.05, 3.63) is 87.4 Å². The number of halogens is 1. The molecule has 1 aliphatic rings. The molecule has 33 heavy (non-hydrogen) atoms. The van der Waals surface area contributed by atoms with Crippen LogP contribution in [0.4, 0.5) is 5.69 Å². The minimum Gasteiger partial charge on any atom is -0.478 e. The van der Waals surface area contributed by atoms with Gasteiger partial charge in [0.05, 0.1) is 41.5 Å². The van der Waals surface area contributed by atoms with Crippen LogP contribution in [0.1, 0.15) is 15.9 Å². The summed E-state index contributed by atoms with van der Waals surface area (Å²) < 4.78 is 8.53. The van der Waals surface area contributed by atoms with Crippen LogP contribution in [0.5, 0.6) is 0 Å². The molecule has 0 bridgehead atoms. The normalized spacial score (nSPS) is 14.0. The topological polar surface area (TPSA) is 89.6 Å². The molecule has 0 unspecified atom stereocenters. The molecule has 9 heteroatoms. The summed E-state index contributed by atoms with van der Waals surface area (Å²) in [5.74, 6) is -1.02. The van der Waals surface area contributed by atoms with Gasteiger partial charge in [0.2, 0.25) is 0 Å². The number of hydrogen-bond acceptors (Lipinski definition) is 5. The standard InChI is InChI=1S/C24H21ClN4O4/c25-18-13-21-22(26-14-18)28(15-16-2-1-3-17(12-16)23(30)31)24(32)29(21)20-6-4-19(5-7-20)27-8-10-33-11-9-27/h1-7,12-14H,8-11,15H2,(H,30,31). The lowest BCUT2D eigenvalue weighted by atomic mass is 10.1. The summed E-state index contributed by atoms with van der Waals surface area (Å²) in [6, 6.07) is 16.0. The molecule has 3 heterocycles. The number of aromatic carboxylic acids is 1. The third kappa shape index (κ3) is 4.10. The van der Waals surface area contributed by atoms with Crippen molar-refractivity contribution in [2.24, 2.45) is 0 Å². The second-order valence-electron chi connectivity index (χ2n) is 7.82. The summed E-state index contributed by atoms with van der Waals surface area (Å²) in [5, 5.41) is 9.71. The Kier molecular flexibility index (Phi) is 5.62. The van der Waals surface area contributed by atoms with Crippen molar-refractivity contribution in [2.75, 3.05) is 31.2 Å². The lowest BCUT2D eigenvalue weighted by Crippen LogP contribution is -2.36. The second kappa shape index (κ2) is 8.73. The summed E-state index contributed by atoms with van der Waals surface area (Å²) in [6.07, 6.45) is 1.50. The zero-order valence-corrected chi connectivity index (χ0v) is 18.4. The molecule has 0 amide bonds. The Morgan fingerprint density at radius 2 is 1.79 bits per heavy atom. The molecule has 0 radical (unpaired) electrons. The number of carboxylic acid groups (broad SMARTS) is 1. The molecular formula is C24H21ClN4O4. The summed E-state index contributed by atoms with van der Waals surface area (Å²) in [7, 11) is 0. The van der Waals surface area contributed by atoms with Crippen molar-refractivity contribution in [3.63, 3.8) is 0 Å². The first-order chi connectivity index (χ1) is 16.0. The molecule has 4 aromatic rings. The number of morpholine rings is 1. The van der Waals surface area contributed by atoms with Gasteiger partial charge >= 0.3 is 11.7 Å². The Hall–Kier alpha value is -3.62.